The molecule has 1 aromatic carbocycles. The minimum atomic E-state index is -3.70. The summed E-state index contributed by atoms with van der Waals surface area (Å²) in [7, 11) is -3.70. The molecule has 0 aliphatic carbocycles. The van der Waals surface area contributed by atoms with Crippen LogP contribution in [0, 0.1) is 18.3 Å². The van der Waals surface area contributed by atoms with Crippen LogP contribution in [0.4, 0.5) is 5.69 Å². The zero-order valence-electron chi connectivity index (χ0n) is 15.8. The van der Waals surface area contributed by atoms with Crippen LogP contribution in [0.3, 0.4) is 0 Å². The second-order valence-electron chi connectivity index (χ2n) is 6.77. The summed E-state index contributed by atoms with van der Waals surface area (Å²) in [6.07, 6.45) is 1.60. The molecule has 0 radical (unpaired) electrons. The van der Waals surface area contributed by atoms with Crippen LogP contribution in [0.15, 0.2) is 29.2 Å². The van der Waals surface area contributed by atoms with Gasteiger partial charge in [-0.05, 0) is 51.0 Å². The van der Waals surface area contributed by atoms with E-state index in [0.717, 1.165) is 24.2 Å². The van der Waals surface area contributed by atoms with E-state index in [-0.39, 0.29) is 32.6 Å². The van der Waals surface area contributed by atoms with Crippen LogP contribution < -0.4 is 5.32 Å². The predicted molar refractivity (Wildman–Crippen MR) is 108 cm³/mol. The third kappa shape index (κ3) is 4.03. The van der Waals surface area contributed by atoms with Gasteiger partial charge in [-0.3, -0.25) is 4.79 Å². The number of aryl methyl sites for hydroxylation is 1. The molecule has 2 aromatic rings. The van der Waals surface area contributed by atoms with E-state index < -0.39 is 21.9 Å². The Kier molecular flexibility index (Phi) is 5.75. The van der Waals surface area contributed by atoms with Gasteiger partial charge in [0.1, 0.15) is 0 Å². The topological polar surface area (TPSA) is 128 Å². The summed E-state index contributed by atoms with van der Waals surface area (Å²) in [5, 5.41) is 20.8. The van der Waals surface area contributed by atoms with E-state index in [4.69, 9.17) is 5.26 Å². The van der Waals surface area contributed by atoms with Gasteiger partial charge in [-0.2, -0.15) is 9.57 Å². The number of anilines is 1. The van der Waals surface area contributed by atoms with E-state index in [0.29, 0.717) is 11.4 Å². The van der Waals surface area contributed by atoms with Crippen molar-refractivity contribution in [2.45, 2.75) is 37.6 Å². The van der Waals surface area contributed by atoms with Gasteiger partial charge in [0.25, 0.3) is 5.91 Å². The van der Waals surface area contributed by atoms with Crippen LogP contribution >= 0.6 is 11.3 Å². The highest BCUT2D eigenvalue weighted by Gasteiger charge is 2.35. The molecular weight excluding hydrogens is 414 g/mol. The van der Waals surface area contributed by atoms with E-state index in [1.807, 2.05) is 13.0 Å². The number of nitriles is 1. The summed E-state index contributed by atoms with van der Waals surface area (Å²) in [4.78, 5) is 24.8. The number of benzene rings is 1. The van der Waals surface area contributed by atoms with Crippen LogP contribution in [-0.2, 0) is 10.0 Å². The highest BCUT2D eigenvalue weighted by molar-refractivity contribution is 7.89. The van der Waals surface area contributed by atoms with Crippen LogP contribution in [0.5, 0.6) is 0 Å². The van der Waals surface area contributed by atoms with Crippen molar-refractivity contribution in [1.29, 1.82) is 5.26 Å². The predicted octanol–water partition coefficient (Wildman–Crippen LogP) is 3.05. The van der Waals surface area contributed by atoms with Gasteiger partial charge in [0.2, 0.25) is 10.0 Å². The van der Waals surface area contributed by atoms with Gasteiger partial charge in [-0.15, -0.1) is 11.3 Å². The second-order valence-corrected chi connectivity index (χ2v) is 9.88. The second kappa shape index (κ2) is 7.94. The minimum absolute atomic E-state index is 0.0325. The van der Waals surface area contributed by atoms with Crippen molar-refractivity contribution in [3.05, 3.63) is 45.1 Å². The van der Waals surface area contributed by atoms with E-state index in [2.05, 4.69) is 5.32 Å². The van der Waals surface area contributed by atoms with Crippen LogP contribution in [0.1, 0.15) is 50.2 Å². The number of carboxylic acid groups (broad SMARTS) is 1. The van der Waals surface area contributed by atoms with Crippen molar-refractivity contribution in [1.82, 2.24) is 4.31 Å². The molecular formula is C19H19N3O5S2. The van der Waals surface area contributed by atoms with Crippen molar-refractivity contribution in [2.75, 3.05) is 11.9 Å². The van der Waals surface area contributed by atoms with Crippen molar-refractivity contribution < 1.29 is 23.1 Å². The van der Waals surface area contributed by atoms with Crippen molar-refractivity contribution in [3.8, 4) is 6.07 Å². The number of hydrogen-bond acceptors (Lipinski definition) is 6. The number of amides is 1. The molecule has 1 aliphatic rings. The number of nitrogens with zero attached hydrogens (tertiary/aromatic N) is 2. The number of carbonyl (C=O) groups is 2. The molecule has 3 rings (SSSR count). The number of aromatic carboxylic acids is 1. The fourth-order valence-electron chi connectivity index (χ4n) is 3.31. The maximum absolute atomic E-state index is 13.0. The maximum Gasteiger partial charge on any atom is 0.337 e. The van der Waals surface area contributed by atoms with Gasteiger partial charge < -0.3 is 10.4 Å². The first-order valence-electron chi connectivity index (χ1n) is 8.86. The number of carbonyl (C=O) groups excluding carboxylic acids is 1. The lowest BCUT2D eigenvalue weighted by molar-refractivity contribution is 0.0698. The third-order valence-electron chi connectivity index (χ3n) is 4.80. The van der Waals surface area contributed by atoms with Crippen molar-refractivity contribution in [2.24, 2.45) is 0 Å². The molecule has 152 valence electrons. The van der Waals surface area contributed by atoms with E-state index in [9.17, 15) is 23.1 Å². The number of nitrogens with one attached hydrogen (secondary N) is 1. The number of carboxylic acids is 1. The normalized spacial score (nSPS) is 17.1. The van der Waals surface area contributed by atoms with E-state index in [1.165, 1.54) is 28.6 Å². The molecule has 0 spiro atoms. The zero-order valence-corrected chi connectivity index (χ0v) is 17.4. The third-order valence-corrected chi connectivity index (χ3v) is 8.12. The highest BCUT2D eigenvalue weighted by Crippen LogP contribution is 2.32. The molecule has 0 bridgehead atoms. The zero-order chi connectivity index (χ0) is 21.3. The quantitative estimate of drug-likeness (QED) is 0.746. The van der Waals surface area contributed by atoms with Gasteiger partial charge in [0.05, 0.1) is 32.7 Å². The smallest absolute Gasteiger partial charge is 0.337 e. The highest BCUT2D eigenvalue weighted by atomic mass is 32.2. The van der Waals surface area contributed by atoms with Gasteiger partial charge in [-0.1, -0.05) is 0 Å². The summed E-state index contributed by atoms with van der Waals surface area (Å²) >= 11 is 1.03. The SMILES string of the molecule is Cc1sc(C(=O)Nc2ccc(C#N)cc2C(=O)O)cc1S(=O)(=O)N1CCCC1C. The number of thiophene rings is 1. The molecule has 1 fully saturated rings. The summed E-state index contributed by atoms with van der Waals surface area (Å²) in [6, 6.07) is 6.99. The molecule has 1 atom stereocenters. The average molecular weight is 434 g/mol. The Bertz CT molecular complexity index is 1130. The first-order chi connectivity index (χ1) is 13.6. The Balaban J connectivity index is 1.90. The first-order valence-corrected chi connectivity index (χ1v) is 11.1. The fraction of sp³-hybridized carbons (Fsp3) is 0.316. The molecule has 8 nitrogen and oxygen atoms in total. The van der Waals surface area contributed by atoms with Crippen molar-refractivity contribution >= 4 is 38.9 Å². The Hall–Kier alpha value is -2.74. The summed E-state index contributed by atoms with van der Waals surface area (Å²) in [6.45, 7) is 3.95. The molecule has 1 aromatic heterocycles. The monoisotopic (exact) mass is 433 g/mol. The molecule has 1 unspecified atom stereocenters. The molecule has 10 heteroatoms. The number of rotatable bonds is 5. The Morgan fingerprint density at radius 1 is 1.34 bits per heavy atom. The maximum atomic E-state index is 13.0. The van der Waals surface area contributed by atoms with Crippen LogP contribution in [0.2, 0.25) is 0 Å². The van der Waals surface area contributed by atoms with Gasteiger partial charge in [0.15, 0.2) is 0 Å². The largest absolute Gasteiger partial charge is 0.478 e. The number of hydrogen-bond donors (Lipinski definition) is 2. The van der Waals surface area contributed by atoms with Gasteiger partial charge in [0, 0.05) is 17.5 Å². The summed E-state index contributed by atoms with van der Waals surface area (Å²) < 4.78 is 27.4. The molecule has 29 heavy (non-hydrogen) atoms. The lowest BCUT2D eigenvalue weighted by Crippen LogP contribution is -2.33. The minimum Gasteiger partial charge on any atom is -0.478 e. The fourth-order valence-corrected chi connectivity index (χ4v) is 6.46. The Labute approximate surface area is 172 Å². The van der Waals surface area contributed by atoms with Crippen molar-refractivity contribution in [3.63, 3.8) is 0 Å². The first kappa shape index (κ1) is 21.0. The summed E-state index contributed by atoms with van der Waals surface area (Å²) in [5.41, 5.74) is -0.0324. The Morgan fingerprint density at radius 2 is 2.07 bits per heavy atom. The standard InChI is InChI=1S/C19H19N3O5S2/c1-11-4-3-7-22(11)29(26,27)17-9-16(28-12(17)2)18(23)21-15-6-5-13(10-20)8-14(15)19(24)25/h5-6,8-9,11H,3-4,7H2,1-2H3,(H,21,23)(H,24,25). The lowest BCUT2D eigenvalue weighted by Gasteiger charge is -2.20. The molecule has 2 N–H and O–H groups in total. The molecule has 0 saturated carbocycles. The van der Waals surface area contributed by atoms with Crippen LogP contribution in [0.25, 0.3) is 0 Å². The average Bonchev–Trinajstić information content (AvgIpc) is 3.28. The summed E-state index contributed by atoms with van der Waals surface area (Å²) in [5.74, 6) is -1.90. The van der Waals surface area contributed by atoms with Crippen LogP contribution in [-0.4, -0.2) is 42.3 Å². The Morgan fingerprint density at radius 3 is 2.66 bits per heavy atom. The van der Waals surface area contributed by atoms with E-state index in [1.54, 1.807) is 6.92 Å². The van der Waals surface area contributed by atoms with Gasteiger partial charge in [-0.25, -0.2) is 13.2 Å². The lowest BCUT2D eigenvalue weighted by atomic mass is 10.1. The number of sulfonamides is 1. The molecule has 1 amide bonds. The van der Waals surface area contributed by atoms with Gasteiger partial charge >= 0.3 is 5.97 Å². The molecule has 1 saturated heterocycles. The molecule has 1 aliphatic heterocycles. The molecule has 2 heterocycles. The van der Waals surface area contributed by atoms with E-state index >= 15 is 0 Å².